The summed E-state index contributed by atoms with van der Waals surface area (Å²) < 4.78 is 5.33. The highest BCUT2D eigenvalue weighted by molar-refractivity contribution is 5.73. The van der Waals surface area contributed by atoms with E-state index in [9.17, 15) is 4.79 Å². The summed E-state index contributed by atoms with van der Waals surface area (Å²) in [5.74, 6) is 0.553. The van der Waals surface area contributed by atoms with E-state index in [2.05, 4.69) is 26.8 Å². The molecule has 2 heteroatoms. The molecule has 2 rings (SSSR count). The lowest BCUT2D eigenvalue weighted by molar-refractivity contribution is -0.140. The molecule has 0 radical (unpaired) electrons. The summed E-state index contributed by atoms with van der Waals surface area (Å²) in [7, 11) is 0. The monoisotopic (exact) mass is 194 g/mol. The third-order valence-electron chi connectivity index (χ3n) is 3.59. The minimum atomic E-state index is -0.0289. The topological polar surface area (TPSA) is 26.3 Å². The summed E-state index contributed by atoms with van der Waals surface area (Å²) in [4.78, 5) is 11.2. The Morgan fingerprint density at radius 2 is 2.29 bits per heavy atom. The van der Waals surface area contributed by atoms with E-state index in [1.165, 1.54) is 5.57 Å². The molecule has 2 nitrogen and oxygen atoms in total. The van der Waals surface area contributed by atoms with Crippen LogP contribution in [0.25, 0.3) is 0 Å². The van der Waals surface area contributed by atoms with Crippen molar-refractivity contribution in [2.24, 2.45) is 11.3 Å². The van der Waals surface area contributed by atoms with Gasteiger partial charge < -0.3 is 4.74 Å². The lowest BCUT2D eigenvalue weighted by Crippen LogP contribution is -2.30. The van der Waals surface area contributed by atoms with Gasteiger partial charge in [-0.3, -0.25) is 4.79 Å². The van der Waals surface area contributed by atoms with Crippen LogP contribution in [0.3, 0.4) is 0 Å². The standard InChI is InChI=1S/C12H18O2/c1-8(2)9-4-5-12(3)7-11(13)14-10(12)6-9/h6,8,10H,4-5,7H2,1-3H3/t10-,12-/m1/s1. The smallest absolute Gasteiger partial charge is 0.307 e. The number of fused-ring (bicyclic) bond motifs is 1. The second kappa shape index (κ2) is 3.11. The average Bonchev–Trinajstić information content (AvgIpc) is 2.37. The van der Waals surface area contributed by atoms with Gasteiger partial charge in [-0.1, -0.05) is 26.3 Å². The molecule has 1 fully saturated rings. The Morgan fingerprint density at radius 3 is 2.93 bits per heavy atom. The van der Waals surface area contributed by atoms with Crippen molar-refractivity contribution < 1.29 is 9.53 Å². The fourth-order valence-electron chi connectivity index (χ4n) is 2.41. The van der Waals surface area contributed by atoms with Crippen molar-refractivity contribution in [1.29, 1.82) is 0 Å². The van der Waals surface area contributed by atoms with Gasteiger partial charge in [0.15, 0.2) is 0 Å². The summed E-state index contributed by atoms with van der Waals surface area (Å²) in [5.41, 5.74) is 1.53. The number of rotatable bonds is 1. The van der Waals surface area contributed by atoms with Gasteiger partial charge >= 0.3 is 5.97 Å². The van der Waals surface area contributed by atoms with Crippen LogP contribution < -0.4 is 0 Å². The summed E-state index contributed by atoms with van der Waals surface area (Å²) in [6, 6.07) is 0. The average molecular weight is 194 g/mol. The van der Waals surface area contributed by atoms with Crippen LogP contribution in [-0.2, 0) is 9.53 Å². The van der Waals surface area contributed by atoms with E-state index in [-0.39, 0.29) is 17.5 Å². The molecular weight excluding hydrogens is 176 g/mol. The van der Waals surface area contributed by atoms with E-state index >= 15 is 0 Å². The molecule has 2 atom stereocenters. The van der Waals surface area contributed by atoms with Crippen molar-refractivity contribution in [2.75, 3.05) is 0 Å². The van der Waals surface area contributed by atoms with Crippen LogP contribution in [0.5, 0.6) is 0 Å². The molecule has 2 aliphatic rings. The molecule has 1 aliphatic heterocycles. The fraction of sp³-hybridized carbons (Fsp3) is 0.750. The molecule has 0 saturated carbocycles. The zero-order valence-corrected chi connectivity index (χ0v) is 9.17. The molecule has 0 aromatic heterocycles. The molecule has 0 N–H and O–H groups in total. The molecule has 1 heterocycles. The predicted molar refractivity (Wildman–Crippen MR) is 54.8 cm³/mol. The van der Waals surface area contributed by atoms with Gasteiger partial charge in [0, 0.05) is 5.41 Å². The molecule has 0 aromatic carbocycles. The molecular formula is C12H18O2. The number of ether oxygens (including phenoxy) is 1. The van der Waals surface area contributed by atoms with Gasteiger partial charge in [0.1, 0.15) is 6.10 Å². The predicted octanol–water partition coefficient (Wildman–Crippen LogP) is 2.68. The number of esters is 1. The number of hydrogen-bond acceptors (Lipinski definition) is 2. The van der Waals surface area contributed by atoms with E-state index in [0.29, 0.717) is 12.3 Å². The zero-order valence-electron chi connectivity index (χ0n) is 9.17. The van der Waals surface area contributed by atoms with Crippen LogP contribution in [0.1, 0.15) is 40.0 Å². The van der Waals surface area contributed by atoms with E-state index in [1.807, 2.05) is 0 Å². The van der Waals surface area contributed by atoms with Gasteiger partial charge in [-0.25, -0.2) is 0 Å². The zero-order chi connectivity index (χ0) is 10.3. The summed E-state index contributed by atoms with van der Waals surface area (Å²) in [5, 5.41) is 0. The Morgan fingerprint density at radius 1 is 1.57 bits per heavy atom. The van der Waals surface area contributed by atoms with Gasteiger partial charge in [-0.05, 0) is 24.8 Å². The number of carbonyl (C=O) groups is 1. The third kappa shape index (κ3) is 1.47. The van der Waals surface area contributed by atoms with Crippen LogP contribution in [0.4, 0.5) is 0 Å². The molecule has 14 heavy (non-hydrogen) atoms. The quantitative estimate of drug-likeness (QED) is 0.474. The van der Waals surface area contributed by atoms with Crippen LogP contribution >= 0.6 is 0 Å². The first kappa shape index (κ1) is 9.75. The molecule has 1 saturated heterocycles. The van der Waals surface area contributed by atoms with E-state index < -0.39 is 0 Å². The Kier molecular flexibility index (Phi) is 2.17. The maximum absolute atomic E-state index is 11.2. The highest BCUT2D eigenvalue weighted by Gasteiger charge is 2.46. The molecule has 0 amide bonds. The lowest BCUT2D eigenvalue weighted by Gasteiger charge is -2.33. The maximum atomic E-state index is 11.2. The first-order valence-electron chi connectivity index (χ1n) is 5.41. The van der Waals surface area contributed by atoms with Crippen molar-refractivity contribution in [3.8, 4) is 0 Å². The Balaban J connectivity index is 2.23. The van der Waals surface area contributed by atoms with E-state index in [0.717, 1.165) is 12.8 Å². The highest BCUT2D eigenvalue weighted by Crippen LogP contribution is 2.45. The minimum Gasteiger partial charge on any atom is -0.457 e. The van der Waals surface area contributed by atoms with Crippen molar-refractivity contribution >= 4 is 5.97 Å². The first-order valence-corrected chi connectivity index (χ1v) is 5.41. The molecule has 0 bridgehead atoms. The van der Waals surface area contributed by atoms with Crippen LogP contribution in [0.2, 0.25) is 0 Å². The number of carbonyl (C=O) groups excluding carboxylic acids is 1. The molecule has 0 unspecified atom stereocenters. The van der Waals surface area contributed by atoms with Crippen molar-refractivity contribution in [3.63, 3.8) is 0 Å². The summed E-state index contributed by atoms with van der Waals surface area (Å²) in [6.07, 6.45) is 5.04. The third-order valence-corrected chi connectivity index (χ3v) is 3.59. The second-order valence-corrected chi connectivity index (χ2v) is 5.14. The van der Waals surface area contributed by atoms with Crippen LogP contribution in [-0.4, -0.2) is 12.1 Å². The number of allylic oxidation sites excluding steroid dienone is 1. The van der Waals surface area contributed by atoms with Crippen LogP contribution in [0, 0.1) is 11.3 Å². The van der Waals surface area contributed by atoms with Gasteiger partial charge in [0.05, 0.1) is 6.42 Å². The van der Waals surface area contributed by atoms with Gasteiger partial charge in [0.2, 0.25) is 0 Å². The Labute approximate surface area is 85.3 Å². The van der Waals surface area contributed by atoms with E-state index in [4.69, 9.17) is 4.74 Å². The minimum absolute atomic E-state index is 0.0289. The van der Waals surface area contributed by atoms with Gasteiger partial charge in [0.25, 0.3) is 0 Å². The maximum Gasteiger partial charge on any atom is 0.307 e. The molecule has 0 spiro atoms. The largest absolute Gasteiger partial charge is 0.457 e. The lowest BCUT2D eigenvalue weighted by atomic mass is 9.72. The fourth-order valence-corrected chi connectivity index (χ4v) is 2.41. The van der Waals surface area contributed by atoms with Crippen LogP contribution in [0.15, 0.2) is 11.6 Å². The normalized spacial score (nSPS) is 36.7. The van der Waals surface area contributed by atoms with Crippen molar-refractivity contribution in [3.05, 3.63) is 11.6 Å². The highest BCUT2D eigenvalue weighted by atomic mass is 16.6. The molecule has 0 aromatic rings. The second-order valence-electron chi connectivity index (χ2n) is 5.14. The van der Waals surface area contributed by atoms with Crippen molar-refractivity contribution in [2.45, 2.75) is 46.1 Å². The van der Waals surface area contributed by atoms with E-state index in [1.54, 1.807) is 0 Å². The SMILES string of the molecule is CC(C)C1=C[C@H]2OC(=O)C[C@@]2(C)CC1. The summed E-state index contributed by atoms with van der Waals surface area (Å²) >= 11 is 0. The summed E-state index contributed by atoms with van der Waals surface area (Å²) in [6.45, 7) is 6.56. The van der Waals surface area contributed by atoms with Crippen molar-refractivity contribution in [1.82, 2.24) is 0 Å². The molecule has 1 aliphatic carbocycles. The van der Waals surface area contributed by atoms with Gasteiger partial charge in [-0.15, -0.1) is 0 Å². The first-order chi connectivity index (χ1) is 6.51. The molecule has 78 valence electrons. The Hall–Kier alpha value is -0.790. The number of hydrogen-bond donors (Lipinski definition) is 0. The van der Waals surface area contributed by atoms with Gasteiger partial charge in [-0.2, -0.15) is 0 Å². The Bertz CT molecular complexity index is 291.